The molecule has 5 nitrogen and oxygen atoms in total. The molecule has 2 aromatic carbocycles. The lowest BCUT2D eigenvalue weighted by Gasteiger charge is -2.20. The monoisotopic (exact) mass is 435 g/mol. The van der Waals surface area contributed by atoms with E-state index < -0.39 is 0 Å². The molecule has 152 valence electrons. The highest BCUT2D eigenvalue weighted by Gasteiger charge is 2.24. The van der Waals surface area contributed by atoms with E-state index in [9.17, 15) is 4.79 Å². The van der Waals surface area contributed by atoms with E-state index in [4.69, 9.17) is 9.72 Å². The summed E-state index contributed by atoms with van der Waals surface area (Å²) in [7, 11) is 0. The van der Waals surface area contributed by atoms with Crippen LogP contribution in [0.4, 0.5) is 5.13 Å². The highest BCUT2D eigenvalue weighted by atomic mass is 32.2. The van der Waals surface area contributed by atoms with Crippen LogP contribution in [-0.2, 0) is 6.54 Å². The second-order valence-electron chi connectivity index (χ2n) is 6.47. The van der Waals surface area contributed by atoms with E-state index >= 15 is 0 Å². The summed E-state index contributed by atoms with van der Waals surface area (Å²) in [6.07, 6.45) is 3.71. The molecule has 0 saturated heterocycles. The van der Waals surface area contributed by atoms with Crippen LogP contribution < -0.4 is 9.64 Å². The number of rotatable bonds is 7. The number of ether oxygens (including phenoxy) is 1. The number of carbonyl (C=O) groups excluding carboxylic acids is 1. The molecule has 0 saturated carbocycles. The van der Waals surface area contributed by atoms with E-state index in [0.29, 0.717) is 23.8 Å². The lowest BCUT2D eigenvalue weighted by atomic mass is 10.2. The molecule has 0 fully saturated rings. The van der Waals surface area contributed by atoms with Crippen molar-refractivity contribution in [3.05, 3.63) is 78.1 Å². The molecule has 0 aliphatic carbocycles. The summed E-state index contributed by atoms with van der Waals surface area (Å²) in [4.78, 5) is 25.4. The fourth-order valence-electron chi connectivity index (χ4n) is 3.11. The summed E-state index contributed by atoms with van der Waals surface area (Å²) in [5, 5.41) is 0.644. The third-order valence-electron chi connectivity index (χ3n) is 4.52. The third kappa shape index (κ3) is 4.32. The molecule has 7 heteroatoms. The summed E-state index contributed by atoms with van der Waals surface area (Å²) in [5.41, 5.74) is 2.31. The Morgan fingerprint density at radius 3 is 2.73 bits per heavy atom. The number of pyridine rings is 1. The molecular formula is C23H21N3O2S2. The minimum atomic E-state index is -0.0882. The number of benzene rings is 2. The second kappa shape index (κ2) is 9.28. The van der Waals surface area contributed by atoms with Crippen molar-refractivity contribution >= 4 is 44.4 Å². The number of thiazole rings is 1. The van der Waals surface area contributed by atoms with Crippen LogP contribution in [0.5, 0.6) is 5.75 Å². The molecule has 4 rings (SSSR count). The molecule has 4 aromatic rings. The Morgan fingerprint density at radius 1 is 1.13 bits per heavy atom. The van der Waals surface area contributed by atoms with Crippen molar-refractivity contribution < 1.29 is 9.53 Å². The number of fused-ring (bicyclic) bond motifs is 1. The number of aromatic nitrogens is 2. The number of amides is 1. The molecule has 30 heavy (non-hydrogen) atoms. The summed E-state index contributed by atoms with van der Waals surface area (Å²) in [5.74, 6) is 0.713. The Bertz CT molecular complexity index is 1160. The van der Waals surface area contributed by atoms with Crippen LogP contribution in [0, 0.1) is 0 Å². The average molecular weight is 436 g/mol. The number of thioether (sulfide) groups is 1. The molecule has 0 aliphatic rings. The van der Waals surface area contributed by atoms with Gasteiger partial charge in [0, 0.05) is 11.1 Å². The fraction of sp³-hybridized carbons (Fsp3) is 0.174. The quantitative estimate of drug-likeness (QED) is 0.351. The number of carbonyl (C=O) groups is 1. The zero-order chi connectivity index (χ0) is 20.9. The van der Waals surface area contributed by atoms with Gasteiger partial charge in [-0.25, -0.2) is 4.98 Å². The van der Waals surface area contributed by atoms with Crippen LogP contribution in [0.15, 0.2) is 71.8 Å². The number of anilines is 1. The average Bonchev–Trinajstić information content (AvgIpc) is 3.21. The van der Waals surface area contributed by atoms with E-state index in [1.54, 1.807) is 22.9 Å². The first-order chi connectivity index (χ1) is 14.7. The maximum atomic E-state index is 13.6. The number of hydrogen-bond acceptors (Lipinski definition) is 6. The maximum absolute atomic E-state index is 13.6. The minimum absolute atomic E-state index is 0.0882. The van der Waals surface area contributed by atoms with E-state index in [0.717, 1.165) is 26.6 Å². The second-order valence-corrected chi connectivity index (χ2v) is 8.33. The summed E-state index contributed by atoms with van der Waals surface area (Å²) >= 11 is 3.04. The molecule has 0 atom stereocenters. The first kappa shape index (κ1) is 20.4. The van der Waals surface area contributed by atoms with Gasteiger partial charge in [0.15, 0.2) is 5.13 Å². The Hall–Kier alpha value is -2.90. The van der Waals surface area contributed by atoms with Crippen molar-refractivity contribution in [2.75, 3.05) is 17.8 Å². The molecule has 1 amide bonds. The molecule has 0 aliphatic heterocycles. The Kier molecular flexibility index (Phi) is 6.30. The largest absolute Gasteiger partial charge is 0.494 e. The molecule has 2 heterocycles. The Balaban J connectivity index is 1.77. The van der Waals surface area contributed by atoms with Crippen LogP contribution in [0.3, 0.4) is 0 Å². The molecule has 0 bridgehead atoms. The van der Waals surface area contributed by atoms with Crippen LogP contribution in [0.2, 0.25) is 0 Å². The van der Waals surface area contributed by atoms with Crippen molar-refractivity contribution in [1.29, 1.82) is 0 Å². The van der Waals surface area contributed by atoms with Crippen LogP contribution in [0.1, 0.15) is 23.0 Å². The first-order valence-corrected chi connectivity index (χ1v) is 11.6. The van der Waals surface area contributed by atoms with Crippen LogP contribution in [0.25, 0.3) is 10.2 Å². The standard InChI is InChI=1S/C23H21N3O2S2/c1-3-28-17-11-12-19-21(14-17)30-23(25-19)26(15-16-8-6-7-13-24-16)22(27)18-9-4-5-10-20(18)29-2/h4-14H,3,15H2,1-2H3. The highest BCUT2D eigenvalue weighted by Crippen LogP contribution is 2.34. The SMILES string of the molecule is CCOc1ccc2nc(N(Cc3ccccn3)C(=O)c3ccccc3SC)sc2c1. The van der Waals surface area contributed by atoms with Crippen molar-refractivity contribution in [3.63, 3.8) is 0 Å². The predicted octanol–water partition coefficient (Wildman–Crippen LogP) is 5.66. The number of hydrogen-bond donors (Lipinski definition) is 0. The van der Waals surface area contributed by atoms with E-state index in [2.05, 4.69) is 4.98 Å². The van der Waals surface area contributed by atoms with Crippen LogP contribution >= 0.6 is 23.1 Å². The van der Waals surface area contributed by atoms with Gasteiger partial charge in [-0.2, -0.15) is 0 Å². The van der Waals surface area contributed by atoms with Gasteiger partial charge >= 0.3 is 0 Å². The maximum Gasteiger partial charge on any atom is 0.261 e. The van der Waals surface area contributed by atoms with Gasteiger partial charge in [-0.1, -0.05) is 29.5 Å². The summed E-state index contributed by atoms with van der Waals surface area (Å²) < 4.78 is 6.59. The molecule has 0 unspecified atom stereocenters. The molecule has 0 N–H and O–H groups in total. The van der Waals surface area contributed by atoms with Crippen molar-refractivity contribution in [2.24, 2.45) is 0 Å². The minimum Gasteiger partial charge on any atom is -0.494 e. The van der Waals surface area contributed by atoms with Gasteiger partial charge in [-0.05, 0) is 55.6 Å². The van der Waals surface area contributed by atoms with Crippen molar-refractivity contribution in [3.8, 4) is 5.75 Å². The van der Waals surface area contributed by atoms with Gasteiger partial charge in [0.25, 0.3) is 5.91 Å². The molecule has 0 radical (unpaired) electrons. The lowest BCUT2D eigenvalue weighted by molar-refractivity contribution is 0.0982. The van der Waals surface area contributed by atoms with Gasteiger partial charge in [0.1, 0.15) is 5.75 Å². The van der Waals surface area contributed by atoms with Gasteiger partial charge in [-0.3, -0.25) is 14.7 Å². The number of nitrogens with zero attached hydrogens (tertiary/aromatic N) is 3. The molecule has 2 aromatic heterocycles. The van der Waals surface area contributed by atoms with Gasteiger partial charge in [0.2, 0.25) is 0 Å². The zero-order valence-electron chi connectivity index (χ0n) is 16.7. The molecule has 0 spiro atoms. The fourth-order valence-corrected chi connectivity index (χ4v) is 4.69. The third-order valence-corrected chi connectivity index (χ3v) is 6.36. The predicted molar refractivity (Wildman–Crippen MR) is 124 cm³/mol. The Morgan fingerprint density at radius 2 is 1.97 bits per heavy atom. The van der Waals surface area contributed by atoms with E-state index in [-0.39, 0.29) is 5.91 Å². The topological polar surface area (TPSA) is 55.3 Å². The van der Waals surface area contributed by atoms with Crippen molar-refractivity contribution in [1.82, 2.24) is 9.97 Å². The van der Waals surface area contributed by atoms with Crippen LogP contribution in [-0.4, -0.2) is 28.7 Å². The Labute approximate surface area is 183 Å². The lowest BCUT2D eigenvalue weighted by Crippen LogP contribution is -2.31. The van der Waals surface area contributed by atoms with Crippen molar-refractivity contribution in [2.45, 2.75) is 18.4 Å². The first-order valence-electron chi connectivity index (χ1n) is 9.57. The summed E-state index contributed by atoms with van der Waals surface area (Å²) in [6.45, 7) is 2.91. The smallest absolute Gasteiger partial charge is 0.261 e. The van der Waals surface area contributed by atoms with Gasteiger partial charge in [0.05, 0.1) is 34.6 Å². The molecular weight excluding hydrogens is 414 g/mol. The normalized spacial score (nSPS) is 10.9. The summed E-state index contributed by atoms with van der Waals surface area (Å²) in [6, 6.07) is 19.2. The van der Waals surface area contributed by atoms with Gasteiger partial charge in [-0.15, -0.1) is 11.8 Å². The van der Waals surface area contributed by atoms with Gasteiger partial charge < -0.3 is 4.74 Å². The highest BCUT2D eigenvalue weighted by molar-refractivity contribution is 7.98. The van der Waals surface area contributed by atoms with E-state index in [1.165, 1.54) is 11.3 Å². The zero-order valence-corrected chi connectivity index (χ0v) is 18.4. The van der Waals surface area contributed by atoms with E-state index in [1.807, 2.05) is 73.8 Å².